The van der Waals surface area contributed by atoms with E-state index in [4.69, 9.17) is 11.1 Å². The Morgan fingerprint density at radius 2 is 2.18 bits per heavy atom. The summed E-state index contributed by atoms with van der Waals surface area (Å²) in [6.07, 6.45) is 4.55. The number of nitrogens with two attached hydrogens (primary N) is 1. The molecule has 0 heterocycles. The highest BCUT2D eigenvalue weighted by molar-refractivity contribution is 5.98. The molecule has 3 N–H and O–H groups in total. The van der Waals surface area contributed by atoms with Gasteiger partial charge in [0.15, 0.2) is 0 Å². The molecule has 1 saturated carbocycles. The molecule has 1 aliphatic carbocycles. The first-order valence-corrected chi connectivity index (χ1v) is 4.04. The molecule has 0 bridgehead atoms. The Bertz CT molecular complexity index is 202. The lowest BCUT2D eigenvalue weighted by molar-refractivity contribution is 0.329. The second kappa shape index (κ2) is 2.68. The Morgan fingerprint density at radius 3 is 2.64 bits per heavy atom. The van der Waals surface area contributed by atoms with Crippen LogP contribution in [0.2, 0.25) is 0 Å². The highest BCUT2D eigenvalue weighted by Gasteiger charge is 2.26. The van der Waals surface area contributed by atoms with Crippen molar-refractivity contribution in [3.05, 3.63) is 11.8 Å². The second-order valence-electron chi connectivity index (χ2n) is 4.01. The zero-order valence-corrected chi connectivity index (χ0v) is 7.28. The number of allylic oxidation sites excluding steroid dienone is 1. The van der Waals surface area contributed by atoms with Gasteiger partial charge in [0.25, 0.3) is 0 Å². The molecule has 0 aliphatic heterocycles. The molecule has 1 rings (SSSR count). The van der Waals surface area contributed by atoms with Gasteiger partial charge in [0.05, 0.1) is 0 Å². The molecule has 0 radical (unpaired) electrons. The summed E-state index contributed by atoms with van der Waals surface area (Å²) in [5.41, 5.74) is 7.51. The molecule has 0 unspecified atom stereocenters. The molecule has 0 amide bonds. The van der Waals surface area contributed by atoms with Crippen LogP contribution in [0, 0.1) is 10.8 Å². The minimum absolute atomic E-state index is 0.343. The van der Waals surface area contributed by atoms with E-state index >= 15 is 0 Å². The van der Waals surface area contributed by atoms with E-state index in [0.29, 0.717) is 5.41 Å². The van der Waals surface area contributed by atoms with Crippen LogP contribution in [0.15, 0.2) is 11.8 Å². The van der Waals surface area contributed by atoms with Gasteiger partial charge in [-0.2, -0.15) is 0 Å². The molecule has 1 aliphatic rings. The van der Waals surface area contributed by atoms with Crippen molar-refractivity contribution >= 4 is 5.71 Å². The first-order valence-electron chi connectivity index (χ1n) is 4.04. The summed E-state index contributed by atoms with van der Waals surface area (Å²) in [4.78, 5) is 0. The molecule has 2 nitrogen and oxygen atoms in total. The van der Waals surface area contributed by atoms with Crippen molar-refractivity contribution in [3.63, 3.8) is 0 Å². The topological polar surface area (TPSA) is 49.9 Å². The minimum atomic E-state index is 0.343. The first kappa shape index (κ1) is 8.31. The molecule has 11 heavy (non-hydrogen) atoms. The van der Waals surface area contributed by atoms with E-state index in [9.17, 15) is 0 Å². The van der Waals surface area contributed by atoms with E-state index in [1.807, 2.05) is 0 Å². The Balaban J connectivity index is 2.74. The number of nitrogens with one attached hydrogen (secondary N) is 1. The van der Waals surface area contributed by atoms with E-state index in [2.05, 4.69) is 13.8 Å². The fourth-order valence-electron chi connectivity index (χ4n) is 1.49. The Hall–Kier alpha value is -0.790. The van der Waals surface area contributed by atoms with E-state index < -0.39 is 0 Å². The van der Waals surface area contributed by atoms with Gasteiger partial charge in [-0.3, -0.25) is 0 Å². The lowest BCUT2D eigenvalue weighted by Crippen LogP contribution is -2.23. The summed E-state index contributed by atoms with van der Waals surface area (Å²) in [5, 5.41) is 7.57. The maximum absolute atomic E-state index is 7.57. The molecular formula is C9H16N2. The van der Waals surface area contributed by atoms with Crippen molar-refractivity contribution in [2.24, 2.45) is 11.1 Å². The van der Waals surface area contributed by atoms with Crippen molar-refractivity contribution in [1.29, 1.82) is 5.41 Å². The molecule has 0 aromatic carbocycles. The number of hydrogen-bond donors (Lipinski definition) is 2. The molecular weight excluding hydrogens is 136 g/mol. The third-order valence-corrected chi connectivity index (χ3v) is 2.31. The van der Waals surface area contributed by atoms with Crippen LogP contribution in [0.1, 0.15) is 33.1 Å². The quantitative estimate of drug-likeness (QED) is 0.548. The third-order valence-electron chi connectivity index (χ3n) is 2.31. The highest BCUT2D eigenvalue weighted by Crippen LogP contribution is 2.35. The average Bonchev–Trinajstić information content (AvgIpc) is 1.94. The molecule has 0 aromatic heterocycles. The van der Waals surface area contributed by atoms with Gasteiger partial charge >= 0.3 is 0 Å². The summed E-state index contributed by atoms with van der Waals surface area (Å²) in [7, 11) is 0. The van der Waals surface area contributed by atoms with Gasteiger partial charge in [0, 0.05) is 5.71 Å². The van der Waals surface area contributed by atoms with Gasteiger partial charge < -0.3 is 11.1 Å². The SMILES string of the molecule is CC1(C)CCC(=N)/C(=C\N)C1. The van der Waals surface area contributed by atoms with Gasteiger partial charge in [-0.15, -0.1) is 0 Å². The van der Waals surface area contributed by atoms with Crippen LogP contribution in [0.5, 0.6) is 0 Å². The van der Waals surface area contributed by atoms with Crippen LogP contribution < -0.4 is 5.73 Å². The first-order chi connectivity index (χ1) is 5.05. The Labute approximate surface area is 68.0 Å². The zero-order chi connectivity index (χ0) is 8.48. The molecule has 1 fully saturated rings. The fraction of sp³-hybridized carbons (Fsp3) is 0.667. The van der Waals surface area contributed by atoms with Gasteiger partial charge in [-0.05, 0) is 36.5 Å². The molecule has 62 valence electrons. The normalized spacial score (nSPS) is 27.5. The molecule has 0 atom stereocenters. The van der Waals surface area contributed by atoms with Crippen LogP contribution in [0.4, 0.5) is 0 Å². The lowest BCUT2D eigenvalue weighted by atomic mass is 9.74. The van der Waals surface area contributed by atoms with Gasteiger partial charge in [-0.25, -0.2) is 0 Å². The molecule has 0 aromatic rings. The van der Waals surface area contributed by atoms with Gasteiger partial charge in [-0.1, -0.05) is 13.8 Å². The smallest absolute Gasteiger partial charge is 0.0360 e. The van der Waals surface area contributed by atoms with E-state index in [-0.39, 0.29) is 0 Å². The largest absolute Gasteiger partial charge is 0.404 e. The summed E-state index contributed by atoms with van der Waals surface area (Å²) >= 11 is 0. The number of rotatable bonds is 0. The fourth-order valence-corrected chi connectivity index (χ4v) is 1.49. The van der Waals surface area contributed by atoms with Crippen LogP contribution in [-0.4, -0.2) is 5.71 Å². The van der Waals surface area contributed by atoms with Crippen molar-refractivity contribution in [2.45, 2.75) is 33.1 Å². The molecule has 2 heteroatoms. The van der Waals surface area contributed by atoms with E-state index in [0.717, 1.165) is 30.5 Å². The van der Waals surface area contributed by atoms with Crippen LogP contribution in [0.3, 0.4) is 0 Å². The average molecular weight is 152 g/mol. The van der Waals surface area contributed by atoms with Crippen molar-refractivity contribution in [2.75, 3.05) is 0 Å². The van der Waals surface area contributed by atoms with Crippen LogP contribution in [0.25, 0.3) is 0 Å². The van der Waals surface area contributed by atoms with Crippen molar-refractivity contribution in [1.82, 2.24) is 0 Å². The van der Waals surface area contributed by atoms with Crippen LogP contribution >= 0.6 is 0 Å². The van der Waals surface area contributed by atoms with Crippen LogP contribution in [-0.2, 0) is 0 Å². The lowest BCUT2D eigenvalue weighted by Gasteiger charge is -2.31. The Kier molecular flexibility index (Phi) is 2.03. The summed E-state index contributed by atoms with van der Waals surface area (Å²) in [6.45, 7) is 4.45. The summed E-state index contributed by atoms with van der Waals surface area (Å²) in [5.74, 6) is 0. The predicted molar refractivity (Wildman–Crippen MR) is 47.6 cm³/mol. The third kappa shape index (κ3) is 1.82. The zero-order valence-electron chi connectivity index (χ0n) is 7.28. The van der Waals surface area contributed by atoms with Gasteiger partial charge in [0.2, 0.25) is 0 Å². The van der Waals surface area contributed by atoms with Gasteiger partial charge in [0.1, 0.15) is 0 Å². The Morgan fingerprint density at radius 1 is 1.55 bits per heavy atom. The second-order valence-corrected chi connectivity index (χ2v) is 4.01. The molecule has 0 saturated heterocycles. The van der Waals surface area contributed by atoms with Crippen molar-refractivity contribution < 1.29 is 0 Å². The van der Waals surface area contributed by atoms with Crippen molar-refractivity contribution in [3.8, 4) is 0 Å². The van der Waals surface area contributed by atoms with E-state index in [1.54, 1.807) is 6.20 Å². The standard InChI is InChI=1S/C9H16N2/c1-9(2)4-3-8(11)7(5-9)6-10/h6,11H,3-5,10H2,1-2H3/b7-6-,11-8?. The number of hydrogen-bond acceptors (Lipinski definition) is 2. The summed E-state index contributed by atoms with van der Waals surface area (Å²) in [6, 6.07) is 0. The monoisotopic (exact) mass is 152 g/mol. The highest BCUT2D eigenvalue weighted by atomic mass is 14.5. The maximum Gasteiger partial charge on any atom is 0.0360 e. The maximum atomic E-state index is 7.57. The van der Waals surface area contributed by atoms with E-state index in [1.165, 1.54) is 0 Å². The summed E-state index contributed by atoms with van der Waals surface area (Å²) < 4.78 is 0. The molecule has 0 spiro atoms. The minimum Gasteiger partial charge on any atom is -0.404 e. The predicted octanol–water partition coefficient (Wildman–Crippen LogP) is 2.06.